The number of hydrogen-bond acceptors (Lipinski definition) is 1. The van der Waals surface area contributed by atoms with E-state index in [-0.39, 0.29) is 23.1 Å². The first-order valence-corrected chi connectivity index (χ1v) is 9.41. The average molecular weight is 396 g/mol. The van der Waals surface area contributed by atoms with E-state index in [9.17, 15) is 27.5 Å². The van der Waals surface area contributed by atoms with Gasteiger partial charge in [0, 0.05) is 0 Å². The summed E-state index contributed by atoms with van der Waals surface area (Å²) in [6, 6.07) is 6.07. The Bertz CT molecular complexity index is 810. The predicted octanol–water partition coefficient (Wildman–Crippen LogP) is 6.88. The SMILES string of the molecule is CCCCCC(CC(C)F)c1c(C(=O)O)cccc1-c1cc(F)c(F)c(F)c1. The number of unbranched alkanes of at least 4 members (excludes halogenated alkanes) is 2. The van der Waals surface area contributed by atoms with Gasteiger partial charge in [0.1, 0.15) is 0 Å². The Morgan fingerprint density at radius 2 is 1.75 bits per heavy atom. The average Bonchev–Trinajstić information content (AvgIpc) is 2.64. The molecule has 2 atom stereocenters. The van der Waals surface area contributed by atoms with Gasteiger partial charge in [0.25, 0.3) is 0 Å². The van der Waals surface area contributed by atoms with Gasteiger partial charge in [-0.05, 0) is 60.6 Å². The van der Waals surface area contributed by atoms with Crippen LogP contribution in [-0.4, -0.2) is 17.2 Å². The van der Waals surface area contributed by atoms with E-state index in [4.69, 9.17) is 0 Å². The molecule has 0 radical (unpaired) electrons. The number of hydrogen-bond donors (Lipinski definition) is 1. The first-order chi connectivity index (χ1) is 13.3. The molecule has 0 fully saturated rings. The molecule has 0 spiro atoms. The lowest BCUT2D eigenvalue weighted by atomic mass is 9.81. The number of alkyl halides is 1. The Morgan fingerprint density at radius 1 is 1.11 bits per heavy atom. The highest BCUT2D eigenvalue weighted by Crippen LogP contribution is 2.38. The van der Waals surface area contributed by atoms with Crippen LogP contribution < -0.4 is 0 Å². The Balaban J connectivity index is 2.66. The highest BCUT2D eigenvalue weighted by molar-refractivity contribution is 5.92. The van der Waals surface area contributed by atoms with E-state index in [1.54, 1.807) is 0 Å². The van der Waals surface area contributed by atoms with Crippen molar-refractivity contribution in [2.75, 3.05) is 0 Å². The Labute approximate surface area is 162 Å². The van der Waals surface area contributed by atoms with E-state index in [1.807, 2.05) is 6.92 Å². The highest BCUT2D eigenvalue weighted by Gasteiger charge is 2.25. The molecule has 2 rings (SSSR count). The van der Waals surface area contributed by atoms with E-state index in [0.717, 1.165) is 31.4 Å². The van der Waals surface area contributed by atoms with Crippen molar-refractivity contribution in [3.8, 4) is 11.1 Å². The lowest BCUT2D eigenvalue weighted by Crippen LogP contribution is -2.13. The van der Waals surface area contributed by atoms with Gasteiger partial charge in [-0.3, -0.25) is 0 Å². The van der Waals surface area contributed by atoms with E-state index in [1.165, 1.54) is 25.1 Å². The van der Waals surface area contributed by atoms with E-state index < -0.39 is 35.5 Å². The van der Waals surface area contributed by atoms with Crippen LogP contribution in [0.4, 0.5) is 17.6 Å². The van der Waals surface area contributed by atoms with Crippen molar-refractivity contribution in [1.29, 1.82) is 0 Å². The quantitative estimate of drug-likeness (QED) is 0.285. The molecule has 2 nitrogen and oxygen atoms in total. The lowest BCUT2D eigenvalue weighted by molar-refractivity contribution is 0.0694. The maximum atomic E-state index is 13.9. The normalized spacial score (nSPS) is 13.4. The first kappa shape index (κ1) is 21.9. The number of carboxylic acid groups (broad SMARTS) is 1. The van der Waals surface area contributed by atoms with Crippen molar-refractivity contribution < 1.29 is 27.5 Å². The van der Waals surface area contributed by atoms with E-state index >= 15 is 0 Å². The summed E-state index contributed by atoms with van der Waals surface area (Å²) in [5.41, 5.74) is 0.604. The fraction of sp³-hybridized carbons (Fsp3) is 0.409. The van der Waals surface area contributed by atoms with Crippen LogP contribution >= 0.6 is 0 Å². The van der Waals surface area contributed by atoms with E-state index in [2.05, 4.69) is 0 Å². The van der Waals surface area contributed by atoms with Crippen LogP contribution in [0.25, 0.3) is 11.1 Å². The molecule has 0 saturated heterocycles. The molecule has 0 aliphatic heterocycles. The maximum absolute atomic E-state index is 13.9. The minimum atomic E-state index is -1.59. The minimum Gasteiger partial charge on any atom is -0.478 e. The zero-order valence-corrected chi connectivity index (χ0v) is 15.9. The third-order valence-corrected chi connectivity index (χ3v) is 4.81. The van der Waals surface area contributed by atoms with Crippen LogP contribution in [0, 0.1) is 17.5 Å². The third kappa shape index (κ3) is 5.12. The molecule has 0 bridgehead atoms. The number of carboxylic acids is 1. The van der Waals surface area contributed by atoms with Crippen molar-refractivity contribution in [1.82, 2.24) is 0 Å². The molecule has 1 N–H and O–H groups in total. The summed E-state index contributed by atoms with van der Waals surface area (Å²) in [6.07, 6.45) is 2.08. The van der Waals surface area contributed by atoms with Gasteiger partial charge in [-0.2, -0.15) is 0 Å². The molecule has 2 aromatic rings. The fourth-order valence-corrected chi connectivity index (χ4v) is 3.57. The topological polar surface area (TPSA) is 37.3 Å². The first-order valence-electron chi connectivity index (χ1n) is 9.41. The maximum Gasteiger partial charge on any atom is 0.335 e. The molecule has 0 amide bonds. The minimum absolute atomic E-state index is 0.0292. The number of aromatic carboxylic acids is 1. The van der Waals surface area contributed by atoms with Crippen LogP contribution in [0.5, 0.6) is 0 Å². The monoisotopic (exact) mass is 396 g/mol. The van der Waals surface area contributed by atoms with Gasteiger partial charge in [-0.25, -0.2) is 22.4 Å². The van der Waals surface area contributed by atoms with Crippen molar-refractivity contribution in [3.05, 3.63) is 58.9 Å². The van der Waals surface area contributed by atoms with Gasteiger partial charge in [0.05, 0.1) is 11.7 Å². The second-order valence-electron chi connectivity index (χ2n) is 7.04. The predicted molar refractivity (Wildman–Crippen MR) is 101 cm³/mol. The van der Waals surface area contributed by atoms with E-state index in [0.29, 0.717) is 12.0 Å². The number of carbonyl (C=O) groups is 1. The summed E-state index contributed by atoms with van der Waals surface area (Å²) in [6.45, 7) is 3.42. The van der Waals surface area contributed by atoms with Gasteiger partial charge in [0.2, 0.25) is 0 Å². The third-order valence-electron chi connectivity index (χ3n) is 4.81. The second-order valence-corrected chi connectivity index (χ2v) is 7.04. The largest absolute Gasteiger partial charge is 0.478 e. The Morgan fingerprint density at radius 3 is 2.29 bits per heavy atom. The molecule has 152 valence electrons. The fourth-order valence-electron chi connectivity index (χ4n) is 3.57. The van der Waals surface area contributed by atoms with Crippen molar-refractivity contribution >= 4 is 5.97 Å². The summed E-state index contributed by atoms with van der Waals surface area (Å²) in [5, 5.41) is 9.64. The molecular formula is C22H24F4O2. The summed E-state index contributed by atoms with van der Waals surface area (Å²) < 4.78 is 54.8. The number of benzene rings is 2. The van der Waals surface area contributed by atoms with Gasteiger partial charge in [-0.15, -0.1) is 0 Å². The van der Waals surface area contributed by atoms with Crippen LogP contribution in [0.3, 0.4) is 0 Å². The van der Waals surface area contributed by atoms with Gasteiger partial charge >= 0.3 is 5.97 Å². The second kappa shape index (κ2) is 9.71. The standard InChI is InChI=1S/C22H24F4O2/c1-3-4-5-7-14(10-13(2)23)20-16(8-6-9-17(20)22(27)28)15-11-18(24)21(26)19(25)12-15/h6,8-9,11-14H,3-5,7,10H2,1-2H3,(H,27,28). The van der Waals surface area contributed by atoms with Crippen molar-refractivity contribution in [2.24, 2.45) is 0 Å². The molecule has 0 heterocycles. The van der Waals surface area contributed by atoms with Crippen molar-refractivity contribution in [3.63, 3.8) is 0 Å². The lowest BCUT2D eigenvalue weighted by Gasteiger charge is -2.24. The molecule has 0 aromatic heterocycles. The smallest absolute Gasteiger partial charge is 0.335 e. The van der Waals surface area contributed by atoms with Crippen LogP contribution in [0.1, 0.15) is 67.8 Å². The molecule has 2 aromatic carbocycles. The molecule has 2 unspecified atom stereocenters. The molecular weight excluding hydrogens is 372 g/mol. The Hall–Kier alpha value is -2.37. The van der Waals surface area contributed by atoms with Gasteiger partial charge < -0.3 is 5.11 Å². The number of rotatable bonds is 9. The van der Waals surface area contributed by atoms with Crippen LogP contribution in [0.15, 0.2) is 30.3 Å². The van der Waals surface area contributed by atoms with Gasteiger partial charge in [-0.1, -0.05) is 38.3 Å². The number of halogens is 4. The summed E-state index contributed by atoms with van der Waals surface area (Å²) >= 11 is 0. The highest BCUT2D eigenvalue weighted by atomic mass is 19.2. The van der Waals surface area contributed by atoms with Crippen molar-refractivity contribution in [2.45, 2.75) is 58.0 Å². The Kier molecular flexibility index (Phi) is 7.61. The zero-order valence-electron chi connectivity index (χ0n) is 15.9. The molecule has 0 saturated carbocycles. The molecule has 28 heavy (non-hydrogen) atoms. The summed E-state index contributed by atoms with van der Waals surface area (Å²) in [5.74, 6) is -5.94. The summed E-state index contributed by atoms with van der Waals surface area (Å²) in [7, 11) is 0. The van der Waals surface area contributed by atoms with Crippen LogP contribution in [-0.2, 0) is 0 Å². The zero-order chi connectivity index (χ0) is 20.8. The molecule has 0 aliphatic carbocycles. The molecule has 0 aliphatic rings. The molecule has 6 heteroatoms. The summed E-state index contributed by atoms with van der Waals surface area (Å²) in [4.78, 5) is 11.8. The van der Waals surface area contributed by atoms with Crippen LogP contribution in [0.2, 0.25) is 0 Å². The van der Waals surface area contributed by atoms with Gasteiger partial charge in [0.15, 0.2) is 17.5 Å².